The summed E-state index contributed by atoms with van der Waals surface area (Å²) in [6.45, 7) is 4.22. The Labute approximate surface area is 211 Å². The van der Waals surface area contributed by atoms with Gasteiger partial charge in [-0.05, 0) is 80.5 Å². The lowest BCUT2D eigenvalue weighted by atomic mass is 10.0. The highest BCUT2D eigenvalue weighted by atomic mass is 32.2. The van der Waals surface area contributed by atoms with Gasteiger partial charge < -0.3 is 20.9 Å². The summed E-state index contributed by atoms with van der Waals surface area (Å²) in [5.41, 5.74) is 8.69. The lowest BCUT2D eigenvalue weighted by Gasteiger charge is -2.19. The van der Waals surface area contributed by atoms with Crippen molar-refractivity contribution in [2.75, 3.05) is 10.0 Å². The lowest BCUT2D eigenvalue weighted by molar-refractivity contribution is 0.0997. The van der Waals surface area contributed by atoms with Crippen molar-refractivity contribution in [1.29, 1.82) is 0 Å². The van der Waals surface area contributed by atoms with Gasteiger partial charge in [0.25, 0.3) is 15.9 Å². The van der Waals surface area contributed by atoms with Crippen molar-refractivity contribution < 1.29 is 23.1 Å². The Morgan fingerprint density at radius 1 is 1.03 bits per heavy atom. The molecule has 0 aliphatic carbocycles. The van der Waals surface area contributed by atoms with E-state index in [1.54, 1.807) is 18.2 Å². The van der Waals surface area contributed by atoms with E-state index in [0.717, 1.165) is 48.6 Å². The van der Waals surface area contributed by atoms with Crippen LogP contribution in [0.4, 0.5) is 11.4 Å². The minimum absolute atomic E-state index is 0.0234. The van der Waals surface area contributed by atoms with Crippen molar-refractivity contribution in [2.24, 2.45) is 5.73 Å². The van der Waals surface area contributed by atoms with E-state index in [1.807, 2.05) is 26.0 Å². The average Bonchev–Trinajstić information content (AvgIpc) is 2.81. The molecule has 1 amide bonds. The molecule has 3 aromatic carbocycles. The molecule has 1 aliphatic rings. The Morgan fingerprint density at radius 3 is 2.53 bits per heavy atom. The molecule has 4 bridgehead atoms. The van der Waals surface area contributed by atoms with Crippen LogP contribution < -0.4 is 20.5 Å². The first-order valence-corrected chi connectivity index (χ1v) is 13.4. The van der Waals surface area contributed by atoms with E-state index >= 15 is 0 Å². The van der Waals surface area contributed by atoms with Crippen molar-refractivity contribution in [3.8, 4) is 11.5 Å². The van der Waals surface area contributed by atoms with Crippen LogP contribution in [0.1, 0.15) is 53.7 Å². The number of anilines is 2. The summed E-state index contributed by atoms with van der Waals surface area (Å²) in [5, 5.41) is 13.4. The fourth-order valence-electron chi connectivity index (χ4n) is 4.28. The van der Waals surface area contributed by atoms with Gasteiger partial charge in [-0.25, -0.2) is 8.42 Å². The van der Waals surface area contributed by atoms with E-state index in [4.69, 9.17) is 10.5 Å². The molecule has 4 rings (SSSR count). The second-order valence-electron chi connectivity index (χ2n) is 9.20. The number of hydrogen-bond donors (Lipinski definition) is 4. The highest BCUT2D eigenvalue weighted by Crippen LogP contribution is 2.33. The maximum absolute atomic E-state index is 13.5. The predicted molar refractivity (Wildman–Crippen MR) is 140 cm³/mol. The third kappa shape index (κ3) is 5.91. The van der Waals surface area contributed by atoms with E-state index in [9.17, 15) is 18.3 Å². The highest BCUT2D eigenvalue weighted by molar-refractivity contribution is 7.92. The van der Waals surface area contributed by atoms with Gasteiger partial charge in [0.05, 0.1) is 17.4 Å². The lowest BCUT2D eigenvalue weighted by Crippen LogP contribution is -2.18. The number of nitrogens with one attached hydrogen (secondary N) is 2. The number of fused-ring (bicyclic) bond motifs is 5. The molecular formula is C27H31N3O5S. The maximum atomic E-state index is 13.5. The Kier molecular flexibility index (Phi) is 7.40. The van der Waals surface area contributed by atoms with Gasteiger partial charge in [0.15, 0.2) is 0 Å². The number of aromatic hydroxyl groups is 1. The summed E-state index contributed by atoms with van der Waals surface area (Å²) in [5.74, 6) is -0.605. The van der Waals surface area contributed by atoms with Gasteiger partial charge >= 0.3 is 0 Å². The van der Waals surface area contributed by atoms with Gasteiger partial charge in [0, 0.05) is 18.3 Å². The molecule has 1 heterocycles. The molecule has 36 heavy (non-hydrogen) atoms. The molecule has 9 heteroatoms. The standard InChI is InChI=1S/C27H31N3O5S/c1-17(2)35-25-11-10-21-13-20(25)9-4-3-6-18-7-5-8-19(12-18)16-29-23-15-24(31)22(27(28)32)14-26(23)36(33,34)30-21/h5,7-8,10-15,17,29-31H,3-4,6,9,16H2,1-2H3,(H2,28,32). The maximum Gasteiger partial charge on any atom is 0.263 e. The van der Waals surface area contributed by atoms with Crippen LogP contribution in [-0.2, 0) is 29.4 Å². The summed E-state index contributed by atoms with van der Waals surface area (Å²) in [6, 6.07) is 15.6. The molecule has 0 aromatic heterocycles. The second kappa shape index (κ2) is 10.5. The smallest absolute Gasteiger partial charge is 0.263 e. The van der Waals surface area contributed by atoms with E-state index in [2.05, 4.69) is 22.2 Å². The van der Waals surface area contributed by atoms with Crippen LogP contribution in [-0.4, -0.2) is 25.5 Å². The molecule has 0 saturated heterocycles. The third-order valence-corrected chi connectivity index (χ3v) is 7.39. The molecule has 1 aliphatic heterocycles. The molecule has 0 unspecified atom stereocenters. The number of nitrogens with two attached hydrogens (primary N) is 1. The first kappa shape index (κ1) is 25.4. The average molecular weight is 510 g/mol. The van der Waals surface area contributed by atoms with Crippen LogP contribution in [0, 0.1) is 0 Å². The van der Waals surface area contributed by atoms with Crippen LogP contribution in [0.25, 0.3) is 0 Å². The van der Waals surface area contributed by atoms with Crippen molar-refractivity contribution >= 4 is 27.3 Å². The van der Waals surface area contributed by atoms with Gasteiger partial charge in [-0.3, -0.25) is 9.52 Å². The molecule has 0 saturated carbocycles. The molecule has 3 aromatic rings. The van der Waals surface area contributed by atoms with E-state index in [1.165, 1.54) is 11.6 Å². The zero-order chi connectivity index (χ0) is 25.9. The van der Waals surface area contributed by atoms with Crippen LogP contribution in [0.2, 0.25) is 0 Å². The largest absolute Gasteiger partial charge is 0.507 e. The number of sulfonamides is 1. The number of hydrogen-bond acceptors (Lipinski definition) is 6. The number of benzene rings is 3. The number of carbonyl (C=O) groups excluding carboxylic acids is 1. The summed E-state index contributed by atoms with van der Waals surface area (Å²) < 4.78 is 35.6. The van der Waals surface area contributed by atoms with Gasteiger partial charge in [0.2, 0.25) is 0 Å². The number of phenols is 1. The van der Waals surface area contributed by atoms with Gasteiger partial charge in [0.1, 0.15) is 16.4 Å². The SMILES string of the molecule is CC(C)Oc1ccc2cc1CCCCc1cccc(c1)CNc1cc(O)c(C(N)=O)cc1S(=O)(=O)N2. The second-order valence-corrected chi connectivity index (χ2v) is 10.9. The number of carbonyl (C=O) groups is 1. The van der Waals surface area contributed by atoms with Crippen molar-refractivity contribution in [3.63, 3.8) is 0 Å². The number of ether oxygens (including phenoxy) is 1. The molecule has 0 fully saturated rings. The van der Waals surface area contributed by atoms with E-state index in [-0.39, 0.29) is 22.3 Å². The van der Waals surface area contributed by atoms with E-state index < -0.39 is 21.7 Å². The molecule has 0 atom stereocenters. The van der Waals surface area contributed by atoms with Crippen LogP contribution in [0.3, 0.4) is 0 Å². The summed E-state index contributed by atoms with van der Waals surface area (Å²) in [7, 11) is -4.16. The van der Waals surface area contributed by atoms with Gasteiger partial charge in [-0.2, -0.15) is 0 Å². The quantitative estimate of drug-likeness (QED) is 0.409. The third-order valence-electron chi connectivity index (χ3n) is 5.96. The molecule has 5 N–H and O–H groups in total. The zero-order valence-electron chi connectivity index (χ0n) is 20.4. The van der Waals surface area contributed by atoms with Gasteiger partial charge in [-0.1, -0.05) is 24.3 Å². The number of primary amides is 1. The Hall–Kier alpha value is -3.72. The normalized spacial score (nSPS) is 15.3. The topological polar surface area (TPSA) is 131 Å². The molecule has 0 spiro atoms. The van der Waals surface area contributed by atoms with Crippen molar-refractivity contribution in [1.82, 2.24) is 0 Å². The van der Waals surface area contributed by atoms with Crippen LogP contribution in [0.5, 0.6) is 11.5 Å². The summed E-state index contributed by atoms with van der Waals surface area (Å²) >= 11 is 0. The van der Waals surface area contributed by atoms with Crippen molar-refractivity contribution in [3.05, 3.63) is 76.9 Å². The Balaban J connectivity index is 1.82. The monoisotopic (exact) mass is 509 g/mol. The minimum atomic E-state index is -4.16. The fraction of sp³-hybridized carbons (Fsp3) is 0.296. The molecular weight excluding hydrogens is 478 g/mol. The highest BCUT2D eigenvalue weighted by Gasteiger charge is 2.24. The first-order valence-electron chi connectivity index (χ1n) is 11.9. The minimum Gasteiger partial charge on any atom is -0.507 e. The predicted octanol–water partition coefficient (Wildman–Crippen LogP) is 4.57. The van der Waals surface area contributed by atoms with Crippen LogP contribution >= 0.6 is 0 Å². The van der Waals surface area contributed by atoms with Gasteiger partial charge in [-0.15, -0.1) is 0 Å². The molecule has 0 radical (unpaired) electrons. The Morgan fingerprint density at radius 2 is 1.78 bits per heavy atom. The summed E-state index contributed by atoms with van der Waals surface area (Å²) in [6.07, 6.45) is 3.51. The summed E-state index contributed by atoms with van der Waals surface area (Å²) in [4.78, 5) is 11.7. The molecule has 8 nitrogen and oxygen atoms in total. The van der Waals surface area contributed by atoms with E-state index in [0.29, 0.717) is 12.2 Å². The Bertz CT molecular complexity index is 1390. The molecule has 190 valence electrons. The van der Waals surface area contributed by atoms with Crippen LogP contribution in [0.15, 0.2) is 59.5 Å². The number of rotatable bonds is 3. The first-order chi connectivity index (χ1) is 17.1. The number of aryl methyl sites for hydroxylation is 2. The zero-order valence-corrected chi connectivity index (χ0v) is 21.2. The van der Waals surface area contributed by atoms with Crippen molar-refractivity contribution in [2.45, 2.75) is 57.1 Å². The number of amides is 1. The fourth-order valence-corrected chi connectivity index (χ4v) is 5.52.